The van der Waals surface area contributed by atoms with E-state index in [9.17, 15) is 19.4 Å². The number of aliphatic hydroxyl groups excluding tert-OH is 1. The van der Waals surface area contributed by atoms with E-state index in [0.717, 1.165) is 68.5 Å². The molecule has 1 saturated carbocycles. The number of aromatic nitrogens is 1. The van der Waals surface area contributed by atoms with E-state index in [4.69, 9.17) is 0 Å². The molecule has 3 N–H and O–H groups in total. The van der Waals surface area contributed by atoms with E-state index in [1.807, 2.05) is 6.07 Å². The van der Waals surface area contributed by atoms with Crippen molar-refractivity contribution in [1.29, 1.82) is 0 Å². The Kier molecular flexibility index (Phi) is 7.55. The molecule has 1 aliphatic carbocycles. The summed E-state index contributed by atoms with van der Waals surface area (Å²) in [5, 5.41) is 25.0. The summed E-state index contributed by atoms with van der Waals surface area (Å²) in [6.07, 6.45) is 6.35. The molecule has 1 aliphatic heterocycles. The van der Waals surface area contributed by atoms with Gasteiger partial charge in [-0.3, -0.25) is 9.69 Å². The number of nitrogens with one attached hydrogen (secondary N) is 1. The number of halogens is 1. The predicted molar refractivity (Wildman–Crippen MR) is 122 cm³/mol. The van der Waals surface area contributed by atoms with Crippen LogP contribution in [0.4, 0.5) is 10.2 Å². The first-order chi connectivity index (χ1) is 15.5. The molecule has 0 spiro atoms. The summed E-state index contributed by atoms with van der Waals surface area (Å²) >= 11 is 0. The van der Waals surface area contributed by atoms with E-state index in [-0.39, 0.29) is 18.3 Å². The zero-order chi connectivity index (χ0) is 22.5. The lowest BCUT2D eigenvalue weighted by molar-refractivity contribution is -0.141. The van der Waals surface area contributed by atoms with Crippen molar-refractivity contribution in [3.63, 3.8) is 0 Å². The molecule has 2 atom stereocenters. The molecule has 0 unspecified atom stereocenters. The molecular weight excluding hydrogens is 411 g/mol. The summed E-state index contributed by atoms with van der Waals surface area (Å²) in [4.78, 5) is 20.5. The molecule has 2 aliphatic rings. The average Bonchev–Trinajstić information content (AvgIpc) is 2.80. The molecule has 2 heterocycles. The minimum absolute atomic E-state index is 0.148. The number of carboxylic acid groups (broad SMARTS) is 1. The van der Waals surface area contributed by atoms with Gasteiger partial charge in [-0.25, -0.2) is 9.37 Å². The molecule has 8 heteroatoms. The number of β-amino-alcohol motifs (C(OH)–C–C–N with tert-alkyl or cyclic N) is 1. The average molecular weight is 445 g/mol. The van der Waals surface area contributed by atoms with Gasteiger partial charge in [0.2, 0.25) is 0 Å². The van der Waals surface area contributed by atoms with Crippen molar-refractivity contribution < 1.29 is 19.4 Å². The zero-order valence-corrected chi connectivity index (χ0v) is 18.4. The van der Waals surface area contributed by atoms with Gasteiger partial charge in [-0.1, -0.05) is 25.3 Å². The van der Waals surface area contributed by atoms with Crippen LogP contribution in [0.3, 0.4) is 0 Å². The largest absolute Gasteiger partial charge is 0.480 e. The highest BCUT2D eigenvalue weighted by molar-refractivity contribution is 5.92. The monoisotopic (exact) mass is 444 g/mol. The first-order valence-corrected chi connectivity index (χ1v) is 11.7. The minimum atomic E-state index is -0.822. The topological polar surface area (TPSA) is 88.9 Å². The van der Waals surface area contributed by atoms with Gasteiger partial charge in [0.25, 0.3) is 0 Å². The highest BCUT2D eigenvalue weighted by Crippen LogP contribution is 2.27. The van der Waals surface area contributed by atoms with Crippen LogP contribution in [0.5, 0.6) is 0 Å². The molecular formula is C24H33FN4O3. The third-order valence-corrected chi connectivity index (χ3v) is 6.81. The number of pyridine rings is 1. The summed E-state index contributed by atoms with van der Waals surface area (Å²) in [6.45, 7) is 3.77. The Labute approximate surface area is 188 Å². The lowest BCUT2D eigenvalue weighted by atomic mass is 9.84. The molecule has 0 bridgehead atoms. The van der Waals surface area contributed by atoms with Crippen molar-refractivity contribution in [2.75, 3.05) is 44.2 Å². The Balaban J connectivity index is 1.27. The molecule has 1 aromatic carbocycles. The normalized spacial score (nSPS) is 20.4. The number of anilines is 1. The number of hydrogen-bond donors (Lipinski definition) is 3. The fourth-order valence-electron chi connectivity index (χ4n) is 5.07. The van der Waals surface area contributed by atoms with Crippen LogP contribution < -0.4 is 10.2 Å². The highest BCUT2D eigenvalue weighted by atomic mass is 19.1. The number of nitrogens with zero attached hydrogens (tertiary/aromatic N) is 3. The zero-order valence-electron chi connectivity index (χ0n) is 18.4. The molecule has 174 valence electrons. The Morgan fingerprint density at radius 3 is 2.62 bits per heavy atom. The molecule has 1 saturated heterocycles. The molecule has 0 amide bonds. The number of carboxylic acids is 1. The lowest BCUT2D eigenvalue weighted by Gasteiger charge is -2.37. The molecule has 4 rings (SSSR count). The van der Waals surface area contributed by atoms with E-state index < -0.39 is 18.1 Å². The molecule has 2 fully saturated rings. The van der Waals surface area contributed by atoms with Gasteiger partial charge in [0.1, 0.15) is 17.7 Å². The first-order valence-electron chi connectivity index (χ1n) is 11.7. The summed E-state index contributed by atoms with van der Waals surface area (Å²) in [6, 6.07) is 6.07. The van der Waals surface area contributed by atoms with Crippen molar-refractivity contribution in [2.24, 2.45) is 5.92 Å². The molecule has 0 radical (unpaired) electrons. The minimum Gasteiger partial charge on any atom is -0.480 e. The lowest BCUT2D eigenvalue weighted by Crippen LogP contribution is -2.52. The standard InChI is InChI=1S/C24H33FN4O3/c25-19-7-6-17-8-9-26-23(21(17)14-19)29-12-10-28(11-13-29)16-20(30)15-27-22(24(31)32)18-4-2-1-3-5-18/h6-9,14,18,20,22,27,30H,1-5,10-13,15-16H2,(H,31,32)/t20-,22-/m0/s1. The van der Waals surface area contributed by atoms with Gasteiger partial charge < -0.3 is 20.4 Å². The van der Waals surface area contributed by atoms with Gasteiger partial charge in [-0.2, -0.15) is 0 Å². The Morgan fingerprint density at radius 1 is 1.16 bits per heavy atom. The number of aliphatic carboxylic acids is 1. The van der Waals surface area contributed by atoms with Gasteiger partial charge in [0, 0.05) is 50.9 Å². The summed E-state index contributed by atoms with van der Waals surface area (Å²) in [5.74, 6) is -0.152. The number of piperazine rings is 1. The summed E-state index contributed by atoms with van der Waals surface area (Å²) < 4.78 is 13.8. The maximum Gasteiger partial charge on any atom is 0.320 e. The predicted octanol–water partition coefficient (Wildman–Crippen LogP) is 2.48. The Bertz CT molecular complexity index is 913. The Hall–Kier alpha value is -2.29. The molecule has 7 nitrogen and oxygen atoms in total. The van der Waals surface area contributed by atoms with Crippen LogP contribution in [0.25, 0.3) is 10.8 Å². The molecule has 32 heavy (non-hydrogen) atoms. The number of benzene rings is 1. The van der Waals surface area contributed by atoms with Gasteiger partial charge >= 0.3 is 5.97 Å². The van der Waals surface area contributed by atoms with Gasteiger partial charge in [-0.15, -0.1) is 0 Å². The van der Waals surface area contributed by atoms with E-state index in [2.05, 4.69) is 20.1 Å². The third kappa shape index (κ3) is 5.54. The van der Waals surface area contributed by atoms with Crippen molar-refractivity contribution in [2.45, 2.75) is 44.2 Å². The van der Waals surface area contributed by atoms with E-state index >= 15 is 0 Å². The van der Waals surface area contributed by atoms with E-state index in [1.165, 1.54) is 18.6 Å². The maximum atomic E-state index is 13.8. The SMILES string of the molecule is O=C(O)[C@@H](NC[C@H](O)CN1CCN(c2nccc3ccc(F)cc23)CC1)C1CCCCC1. The van der Waals surface area contributed by atoms with E-state index in [1.54, 1.807) is 12.3 Å². The number of fused-ring (bicyclic) bond motifs is 1. The second kappa shape index (κ2) is 10.6. The number of carbonyl (C=O) groups is 1. The van der Waals surface area contributed by atoms with Crippen LogP contribution in [0.15, 0.2) is 30.5 Å². The third-order valence-electron chi connectivity index (χ3n) is 6.81. The fraction of sp³-hybridized carbons (Fsp3) is 0.583. The second-order valence-electron chi connectivity index (χ2n) is 9.06. The highest BCUT2D eigenvalue weighted by Gasteiger charge is 2.30. The smallest absolute Gasteiger partial charge is 0.320 e. The van der Waals surface area contributed by atoms with Crippen LogP contribution in [0.2, 0.25) is 0 Å². The van der Waals surface area contributed by atoms with Crippen LogP contribution in [-0.2, 0) is 4.79 Å². The molecule has 2 aromatic rings. The Morgan fingerprint density at radius 2 is 1.91 bits per heavy atom. The summed E-state index contributed by atoms with van der Waals surface area (Å²) in [5.41, 5.74) is 0. The quantitative estimate of drug-likeness (QED) is 0.576. The van der Waals surface area contributed by atoms with Crippen LogP contribution in [0.1, 0.15) is 32.1 Å². The first kappa shape index (κ1) is 22.9. The van der Waals surface area contributed by atoms with Crippen molar-refractivity contribution in [1.82, 2.24) is 15.2 Å². The van der Waals surface area contributed by atoms with Crippen LogP contribution in [0, 0.1) is 11.7 Å². The van der Waals surface area contributed by atoms with Crippen LogP contribution in [-0.4, -0.2) is 77.5 Å². The second-order valence-corrected chi connectivity index (χ2v) is 9.06. The van der Waals surface area contributed by atoms with Crippen molar-refractivity contribution in [3.05, 3.63) is 36.3 Å². The van der Waals surface area contributed by atoms with Gasteiger partial charge in [0.05, 0.1) is 6.10 Å². The number of aliphatic hydroxyl groups is 1. The van der Waals surface area contributed by atoms with Crippen LogP contribution >= 0.6 is 0 Å². The van der Waals surface area contributed by atoms with Crippen molar-refractivity contribution in [3.8, 4) is 0 Å². The van der Waals surface area contributed by atoms with Gasteiger partial charge in [-0.05, 0) is 42.3 Å². The van der Waals surface area contributed by atoms with E-state index in [0.29, 0.717) is 6.54 Å². The van der Waals surface area contributed by atoms with Crippen molar-refractivity contribution >= 4 is 22.6 Å². The fourth-order valence-corrected chi connectivity index (χ4v) is 5.07. The number of hydrogen-bond acceptors (Lipinski definition) is 6. The summed E-state index contributed by atoms with van der Waals surface area (Å²) in [7, 11) is 0. The maximum absolute atomic E-state index is 13.8. The molecule has 1 aromatic heterocycles. The number of rotatable bonds is 8. The van der Waals surface area contributed by atoms with Gasteiger partial charge in [0.15, 0.2) is 0 Å².